The number of nitrogens with zero attached hydrogens (tertiary/aromatic N) is 3. The second kappa shape index (κ2) is 14.2. The average molecular weight is 427 g/mol. The fourth-order valence-corrected chi connectivity index (χ4v) is 4.18. The second-order valence-corrected chi connectivity index (χ2v) is 8.67. The van der Waals surface area contributed by atoms with Gasteiger partial charge in [-0.05, 0) is 63.4 Å². The van der Waals surface area contributed by atoms with E-state index >= 15 is 0 Å². The third kappa shape index (κ3) is 8.60. The lowest BCUT2D eigenvalue weighted by Gasteiger charge is -2.35. The predicted molar refractivity (Wildman–Crippen MR) is 131 cm³/mol. The van der Waals surface area contributed by atoms with Crippen molar-refractivity contribution in [2.45, 2.75) is 79.1 Å². The molecule has 1 aromatic carbocycles. The molecule has 0 aliphatic heterocycles. The van der Waals surface area contributed by atoms with E-state index in [0.717, 1.165) is 36.6 Å². The Morgan fingerprint density at radius 2 is 1.35 bits per heavy atom. The number of quaternary nitrogens is 1. The molecule has 0 radical (unpaired) electrons. The summed E-state index contributed by atoms with van der Waals surface area (Å²) in [6, 6.07) is 8.18. The fraction of sp³-hybridized carbons (Fsp3) is 0.630. The van der Waals surface area contributed by atoms with Crippen molar-refractivity contribution in [3.8, 4) is 17.1 Å². The zero-order valence-corrected chi connectivity index (χ0v) is 20.4. The zero-order valence-electron chi connectivity index (χ0n) is 20.4. The van der Waals surface area contributed by atoms with Crippen LogP contribution in [0.5, 0.6) is 5.75 Å². The molecule has 172 valence electrons. The Balaban J connectivity index is 1.75. The van der Waals surface area contributed by atoms with E-state index in [0.29, 0.717) is 0 Å². The SMILES string of the molecule is CCCCCCCCc1cnc(-c2ccc(OCCC[N+](CC)(CC)CC)cc2)nc1. The van der Waals surface area contributed by atoms with E-state index in [2.05, 4.69) is 49.8 Å². The maximum Gasteiger partial charge on any atom is 0.159 e. The molecular weight excluding hydrogens is 382 g/mol. The molecule has 4 heteroatoms. The molecular formula is C27H44N3O+. The highest BCUT2D eigenvalue weighted by molar-refractivity contribution is 5.55. The minimum Gasteiger partial charge on any atom is -0.493 e. The van der Waals surface area contributed by atoms with Gasteiger partial charge in [-0.25, -0.2) is 9.97 Å². The Hall–Kier alpha value is -1.94. The van der Waals surface area contributed by atoms with Gasteiger partial charge in [0.2, 0.25) is 0 Å². The van der Waals surface area contributed by atoms with Crippen LogP contribution < -0.4 is 4.74 Å². The van der Waals surface area contributed by atoms with Crippen LogP contribution in [0.25, 0.3) is 11.4 Å². The van der Waals surface area contributed by atoms with Gasteiger partial charge in [-0.15, -0.1) is 0 Å². The van der Waals surface area contributed by atoms with Gasteiger partial charge in [0.25, 0.3) is 0 Å². The third-order valence-corrected chi connectivity index (χ3v) is 6.69. The zero-order chi connectivity index (χ0) is 22.4. The number of benzene rings is 1. The summed E-state index contributed by atoms with van der Waals surface area (Å²) in [5.74, 6) is 1.71. The van der Waals surface area contributed by atoms with Gasteiger partial charge in [-0.3, -0.25) is 0 Å². The Labute approximate surface area is 190 Å². The summed E-state index contributed by atoms with van der Waals surface area (Å²) in [4.78, 5) is 9.17. The quantitative estimate of drug-likeness (QED) is 0.221. The van der Waals surface area contributed by atoms with Crippen LogP contribution in [-0.4, -0.2) is 47.2 Å². The highest BCUT2D eigenvalue weighted by Gasteiger charge is 2.19. The average Bonchev–Trinajstić information content (AvgIpc) is 2.83. The van der Waals surface area contributed by atoms with Gasteiger partial charge >= 0.3 is 0 Å². The van der Waals surface area contributed by atoms with E-state index in [1.54, 1.807) is 0 Å². The summed E-state index contributed by atoms with van der Waals surface area (Å²) in [5, 5.41) is 0. The summed E-state index contributed by atoms with van der Waals surface area (Å²) in [5.41, 5.74) is 2.28. The summed E-state index contributed by atoms with van der Waals surface area (Å²) >= 11 is 0. The number of rotatable bonds is 16. The van der Waals surface area contributed by atoms with Crippen molar-refractivity contribution in [3.63, 3.8) is 0 Å². The molecule has 1 heterocycles. The predicted octanol–water partition coefficient (Wildman–Crippen LogP) is 6.69. The summed E-state index contributed by atoms with van der Waals surface area (Å²) in [6.45, 7) is 14.7. The number of aryl methyl sites for hydroxylation is 1. The molecule has 0 aliphatic carbocycles. The van der Waals surface area contributed by atoms with Crippen LogP contribution in [0.1, 0.15) is 78.2 Å². The normalized spacial score (nSPS) is 11.6. The molecule has 0 saturated carbocycles. The Morgan fingerprint density at radius 1 is 0.742 bits per heavy atom. The summed E-state index contributed by atoms with van der Waals surface area (Å²) < 4.78 is 7.15. The van der Waals surface area contributed by atoms with E-state index < -0.39 is 0 Å². The molecule has 4 nitrogen and oxygen atoms in total. The summed E-state index contributed by atoms with van der Waals surface area (Å²) in [7, 11) is 0. The van der Waals surface area contributed by atoms with Crippen molar-refractivity contribution in [1.29, 1.82) is 0 Å². The third-order valence-electron chi connectivity index (χ3n) is 6.69. The first kappa shape index (κ1) is 25.3. The molecule has 0 aliphatic rings. The van der Waals surface area contributed by atoms with E-state index in [4.69, 9.17) is 4.74 Å². The van der Waals surface area contributed by atoms with Crippen molar-refractivity contribution in [1.82, 2.24) is 9.97 Å². The monoisotopic (exact) mass is 426 g/mol. The van der Waals surface area contributed by atoms with Gasteiger partial charge in [0, 0.05) is 24.4 Å². The minimum atomic E-state index is 0.767. The van der Waals surface area contributed by atoms with Crippen molar-refractivity contribution in [3.05, 3.63) is 42.2 Å². The van der Waals surface area contributed by atoms with Crippen LogP contribution in [-0.2, 0) is 6.42 Å². The molecule has 0 spiro atoms. The molecule has 1 aromatic heterocycles. The maximum absolute atomic E-state index is 5.97. The Kier molecular flexibility index (Phi) is 11.6. The standard InChI is InChI=1S/C27H44N3O/c1-5-9-10-11-12-13-15-24-22-28-27(29-23-24)25-16-18-26(19-17-25)31-21-14-20-30(6-2,7-3)8-4/h16-19,22-23H,5-15,20-21H2,1-4H3/q+1. The van der Waals surface area contributed by atoms with E-state index in [1.165, 1.54) is 74.8 Å². The van der Waals surface area contributed by atoms with Crippen LogP contribution >= 0.6 is 0 Å². The van der Waals surface area contributed by atoms with Gasteiger partial charge in [-0.1, -0.05) is 39.0 Å². The smallest absolute Gasteiger partial charge is 0.159 e. The van der Waals surface area contributed by atoms with Crippen LogP contribution in [0.3, 0.4) is 0 Å². The molecule has 2 rings (SSSR count). The highest BCUT2D eigenvalue weighted by atomic mass is 16.5. The minimum absolute atomic E-state index is 0.767. The van der Waals surface area contributed by atoms with E-state index in [9.17, 15) is 0 Å². The molecule has 0 amide bonds. The van der Waals surface area contributed by atoms with Gasteiger partial charge in [-0.2, -0.15) is 0 Å². The first-order valence-electron chi connectivity index (χ1n) is 12.6. The largest absolute Gasteiger partial charge is 0.493 e. The Morgan fingerprint density at radius 3 is 1.97 bits per heavy atom. The summed E-state index contributed by atoms with van der Waals surface area (Å²) in [6.07, 6.45) is 14.0. The van der Waals surface area contributed by atoms with Gasteiger partial charge in [0.15, 0.2) is 5.82 Å². The topological polar surface area (TPSA) is 35.0 Å². The molecule has 0 unspecified atom stereocenters. The Bertz CT molecular complexity index is 700. The molecule has 0 fully saturated rings. The number of aromatic nitrogens is 2. The molecule has 0 N–H and O–H groups in total. The lowest BCUT2D eigenvalue weighted by molar-refractivity contribution is -0.923. The van der Waals surface area contributed by atoms with Crippen LogP contribution in [0.2, 0.25) is 0 Å². The van der Waals surface area contributed by atoms with E-state index in [-0.39, 0.29) is 0 Å². The van der Waals surface area contributed by atoms with Crippen molar-refractivity contribution < 1.29 is 9.22 Å². The first-order chi connectivity index (χ1) is 15.2. The van der Waals surface area contributed by atoms with Gasteiger partial charge in [0.1, 0.15) is 5.75 Å². The van der Waals surface area contributed by atoms with Gasteiger partial charge in [0.05, 0.1) is 32.8 Å². The van der Waals surface area contributed by atoms with Crippen LogP contribution in [0.15, 0.2) is 36.7 Å². The van der Waals surface area contributed by atoms with Crippen molar-refractivity contribution >= 4 is 0 Å². The fourth-order valence-electron chi connectivity index (χ4n) is 4.18. The van der Waals surface area contributed by atoms with Crippen LogP contribution in [0, 0.1) is 0 Å². The van der Waals surface area contributed by atoms with Crippen LogP contribution in [0.4, 0.5) is 0 Å². The lowest BCUT2D eigenvalue weighted by Crippen LogP contribution is -2.48. The molecule has 0 atom stereocenters. The molecule has 0 bridgehead atoms. The number of hydrogen-bond acceptors (Lipinski definition) is 3. The number of ether oxygens (including phenoxy) is 1. The second-order valence-electron chi connectivity index (χ2n) is 8.67. The first-order valence-corrected chi connectivity index (χ1v) is 12.6. The van der Waals surface area contributed by atoms with Crippen molar-refractivity contribution in [2.24, 2.45) is 0 Å². The maximum atomic E-state index is 5.97. The van der Waals surface area contributed by atoms with Crippen molar-refractivity contribution in [2.75, 3.05) is 32.8 Å². The van der Waals surface area contributed by atoms with Gasteiger partial charge < -0.3 is 9.22 Å². The number of unbranched alkanes of at least 4 members (excludes halogenated alkanes) is 5. The molecule has 0 saturated heterocycles. The number of hydrogen-bond donors (Lipinski definition) is 0. The molecule has 31 heavy (non-hydrogen) atoms. The molecule has 2 aromatic rings. The highest BCUT2D eigenvalue weighted by Crippen LogP contribution is 2.20. The van der Waals surface area contributed by atoms with E-state index in [1.807, 2.05) is 24.5 Å². The lowest BCUT2D eigenvalue weighted by atomic mass is 10.1.